The number of quaternary nitrogens is 1. The van der Waals surface area contributed by atoms with Crippen molar-refractivity contribution in [3.63, 3.8) is 0 Å². The molecule has 0 bridgehead atoms. The van der Waals surface area contributed by atoms with E-state index in [2.05, 4.69) is 165 Å². The third-order valence-corrected chi connectivity index (χ3v) is 12.4. The molecule has 3 unspecified atom stereocenters. The molecule has 1 amide bonds. The molecule has 73 heavy (non-hydrogen) atoms. The standard InChI is InChI=1S/C64H105N2O6P/c1-6-8-10-12-14-16-18-20-22-24-25-26-27-28-29-30-31-32-33-34-35-36-37-38-39-40-41-42-44-46-48-50-52-54-56-58-64(68)65-62(61-72-73(69,70)71-60-59-66(3,4)5)63(67)57-55-53-51-49-47-45-43-23-21-19-17-15-13-11-9-7-2/h8,10,14,16,20-23,25-26,28-29,31-32,34-35,37-38,40-41,44,46-47,49,55,57,62-63,67H,6-7,9,11-13,15,17-19,24,27,30,33,36,39,42-43,45,48,50-54,56,58-61H2,1-5H3,(H-,65,68,69,70)/b10-8-,16-14-,22-20-,23-21+,26-25-,29-28-,32-31-,35-34-,38-37-,41-40-,46-44-,49-47+,57-55+. The molecule has 412 valence electrons. The van der Waals surface area contributed by atoms with Crippen LogP contribution in [0.4, 0.5) is 0 Å². The minimum absolute atomic E-state index is 0.0236. The van der Waals surface area contributed by atoms with Crippen molar-refractivity contribution in [3.8, 4) is 0 Å². The number of allylic oxidation sites excluding steroid dienone is 25. The van der Waals surface area contributed by atoms with Crippen molar-refractivity contribution >= 4 is 13.7 Å². The Hall–Kier alpha value is -3.88. The van der Waals surface area contributed by atoms with Crippen LogP contribution in [0.15, 0.2) is 158 Å². The molecule has 0 heterocycles. The number of nitrogens with one attached hydrogen (secondary N) is 1. The van der Waals surface area contributed by atoms with Crippen molar-refractivity contribution in [2.24, 2.45) is 0 Å². The van der Waals surface area contributed by atoms with E-state index in [0.29, 0.717) is 23.9 Å². The summed E-state index contributed by atoms with van der Waals surface area (Å²) < 4.78 is 23.3. The number of amides is 1. The summed E-state index contributed by atoms with van der Waals surface area (Å²) in [5, 5.41) is 13.8. The fraction of sp³-hybridized carbons (Fsp3) is 0.578. The Balaban J connectivity index is 4.34. The van der Waals surface area contributed by atoms with E-state index in [1.807, 2.05) is 27.2 Å². The van der Waals surface area contributed by atoms with E-state index in [9.17, 15) is 19.4 Å². The van der Waals surface area contributed by atoms with Gasteiger partial charge in [-0.2, -0.15) is 0 Å². The van der Waals surface area contributed by atoms with Crippen LogP contribution in [0.25, 0.3) is 0 Å². The highest BCUT2D eigenvalue weighted by molar-refractivity contribution is 7.45. The average Bonchev–Trinajstić information content (AvgIpc) is 3.35. The van der Waals surface area contributed by atoms with E-state index < -0.39 is 26.6 Å². The normalized spacial score (nSPS) is 15.1. The summed E-state index contributed by atoms with van der Waals surface area (Å²) >= 11 is 0. The lowest BCUT2D eigenvalue weighted by molar-refractivity contribution is -0.870. The van der Waals surface area contributed by atoms with Gasteiger partial charge in [-0.25, -0.2) is 0 Å². The van der Waals surface area contributed by atoms with Gasteiger partial charge in [0.2, 0.25) is 5.91 Å². The molecule has 0 rings (SSSR count). The van der Waals surface area contributed by atoms with Gasteiger partial charge in [-0.1, -0.05) is 217 Å². The molecule has 2 N–H and O–H groups in total. The van der Waals surface area contributed by atoms with Crippen molar-refractivity contribution in [3.05, 3.63) is 158 Å². The third kappa shape index (κ3) is 55.7. The summed E-state index contributed by atoms with van der Waals surface area (Å²) in [5.74, 6) is -0.244. The number of rotatable bonds is 49. The first-order chi connectivity index (χ1) is 35.5. The summed E-state index contributed by atoms with van der Waals surface area (Å²) in [4.78, 5) is 25.4. The first-order valence-corrected chi connectivity index (χ1v) is 29.8. The van der Waals surface area contributed by atoms with Gasteiger partial charge < -0.3 is 28.8 Å². The highest BCUT2D eigenvalue weighted by Gasteiger charge is 2.23. The van der Waals surface area contributed by atoms with Gasteiger partial charge in [0.15, 0.2) is 0 Å². The molecule has 0 aromatic heterocycles. The zero-order chi connectivity index (χ0) is 53.5. The fourth-order valence-electron chi connectivity index (χ4n) is 7.03. The number of carbonyl (C=O) groups is 1. The molecular weight excluding hydrogens is 924 g/mol. The molecule has 0 saturated carbocycles. The molecule has 8 nitrogen and oxygen atoms in total. The zero-order valence-electron chi connectivity index (χ0n) is 46.8. The number of aliphatic hydroxyl groups is 1. The lowest BCUT2D eigenvalue weighted by Crippen LogP contribution is -2.45. The zero-order valence-corrected chi connectivity index (χ0v) is 47.7. The van der Waals surface area contributed by atoms with Gasteiger partial charge in [0.25, 0.3) is 7.82 Å². The van der Waals surface area contributed by atoms with E-state index in [1.54, 1.807) is 6.08 Å². The van der Waals surface area contributed by atoms with Gasteiger partial charge in [0, 0.05) is 6.42 Å². The van der Waals surface area contributed by atoms with Crippen molar-refractivity contribution in [2.45, 2.75) is 199 Å². The van der Waals surface area contributed by atoms with Crippen LogP contribution in [0.5, 0.6) is 0 Å². The Morgan fingerprint density at radius 2 is 0.849 bits per heavy atom. The van der Waals surface area contributed by atoms with Crippen LogP contribution < -0.4 is 10.2 Å². The summed E-state index contributed by atoms with van der Waals surface area (Å²) in [7, 11) is 1.19. The molecular formula is C64H105N2O6P. The van der Waals surface area contributed by atoms with E-state index >= 15 is 0 Å². The van der Waals surface area contributed by atoms with Crippen LogP contribution in [0.1, 0.15) is 187 Å². The Labute approximate surface area is 448 Å². The monoisotopic (exact) mass is 1030 g/mol. The van der Waals surface area contributed by atoms with Crippen LogP contribution in [0, 0.1) is 0 Å². The maximum absolute atomic E-state index is 12.9. The molecule has 0 aliphatic rings. The Morgan fingerprint density at radius 3 is 1.27 bits per heavy atom. The molecule has 3 atom stereocenters. The number of phosphoric ester groups is 1. The lowest BCUT2D eigenvalue weighted by Gasteiger charge is -2.29. The molecule has 0 aliphatic heterocycles. The quantitative estimate of drug-likeness (QED) is 0.0272. The Bertz CT molecular complexity index is 1740. The maximum atomic E-state index is 12.9. The second-order valence-corrected chi connectivity index (χ2v) is 20.9. The van der Waals surface area contributed by atoms with Crippen molar-refractivity contribution in [1.29, 1.82) is 0 Å². The third-order valence-electron chi connectivity index (χ3n) is 11.4. The molecule has 9 heteroatoms. The molecule has 0 fully saturated rings. The van der Waals surface area contributed by atoms with Crippen LogP contribution in [-0.4, -0.2) is 68.5 Å². The number of likely N-dealkylation sites (N-methyl/N-ethyl adjacent to an activating group) is 1. The molecule has 0 spiro atoms. The number of hydrogen-bond donors (Lipinski definition) is 2. The number of carbonyl (C=O) groups excluding carboxylic acids is 1. The predicted octanol–water partition coefficient (Wildman–Crippen LogP) is 16.8. The average molecular weight is 1030 g/mol. The fourth-order valence-corrected chi connectivity index (χ4v) is 7.76. The van der Waals surface area contributed by atoms with Crippen molar-refractivity contribution in [2.75, 3.05) is 40.9 Å². The van der Waals surface area contributed by atoms with Crippen LogP contribution in [0.3, 0.4) is 0 Å². The number of unbranched alkanes of at least 4 members (excludes halogenated alkanes) is 12. The van der Waals surface area contributed by atoms with Crippen LogP contribution in [-0.2, 0) is 18.4 Å². The van der Waals surface area contributed by atoms with Gasteiger partial charge in [-0.15, -0.1) is 0 Å². The highest BCUT2D eigenvalue weighted by atomic mass is 31.2. The summed E-state index contributed by atoms with van der Waals surface area (Å²) in [6.45, 7) is 4.44. The minimum Gasteiger partial charge on any atom is -0.756 e. The topological polar surface area (TPSA) is 108 Å². The number of aliphatic hydroxyl groups excluding tert-OH is 1. The molecule has 0 aromatic carbocycles. The van der Waals surface area contributed by atoms with Crippen molar-refractivity contribution < 1.29 is 32.9 Å². The summed E-state index contributed by atoms with van der Waals surface area (Å²) in [6, 6.07) is -0.936. The molecule has 0 aliphatic carbocycles. The second kappa shape index (κ2) is 53.0. The first kappa shape index (κ1) is 69.1. The van der Waals surface area contributed by atoms with Gasteiger partial charge in [0.05, 0.1) is 39.9 Å². The maximum Gasteiger partial charge on any atom is 0.268 e. The van der Waals surface area contributed by atoms with Gasteiger partial charge in [-0.05, 0) is 122 Å². The summed E-state index contributed by atoms with van der Waals surface area (Å²) in [6.07, 6.45) is 83.2. The van der Waals surface area contributed by atoms with E-state index in [0.717, 1.165) is 116 Å². The SMILES string of the molecule is CC/C=C\C/C=C\C/C=C\C/C=C\C/C=C\C/C=C\C/C=C\C/C=C\C/C=C\C/C=C\CCCCCCC(=O)NC(COP(=O)([O-])OCC[N+](C)(C)C)C(O)/C=C/CC/C=C/CC/C=C/CCCCCCCC. The van der Waals surface area contributed by atoms with Crippen molar-refractivity contribution in [1.82, 2.24) is 5.32 Å². The molecule has 0 aromatic rings. The molecule has 0 saturated heterocycles. The van der Waals surface area contributed by atoms with E-state index in [4.69, 9.17) is 9.05 Å². The van der Waals surface area contributed by atoms with Crippen LogP contribution >= 0.6 is 7.82 Å². The van der Waals surface area contributed by atoms with E-state index in [1.165, 1.54) is 38.5 Å². The smallest absolute Gasteiger partial charge is 0.268 e. The number of nitrogens with zero attached hydrogens (tertiary/aromatic N) is 1. The Morgan fingerprint density at radius 1 is 0.493 bits per heavy atom. The first-order valence-electron chi connectivity index (χ1n) is 28.3. The van der Waals surface area contributed by atoms with E-state index in [-0.39, 0.29) is 18.9 Å². The Kier molecular flexibility index (Phi) is 50.1. The van der Waals surface area contributed by atoms with Gasteiger partial charge >= 0.3 is 0 Å². The number of hydrogen-bond acceptors (Lipinski definition) is 6. The predicted molar refractivity (Wildman–Crippen MR) is 315 cm³/mol. The largest absolute Gasteiger partial charge is 0.756 e. The lowest BCUT2D eigenvalue weighted by atomic mass is 10.1. The molecule has 0 radical (unpaired) electrons. The number of phosphoric acid groups is 1. The highest BCUT2D eigenvalue weighted by Crippen LogP contribution is 2.38. The second-order valence-electron chi connectivity index (χ2n) is 19.5. The van der Waals surface area contributed by atoms with Crippen LogP contribution in [0.2, 0.25) is 0 Å². The minimum atomic E-state index is -4.63. The summed E-state index contributed by atoms with van der Waals surface area (Å²) in [5.41, 5.74) is 0. The van der Waals surface area contributed by atoms with Gasteiger partial charge in [-0.3, -0.25) is 9.36 Å². The van der Waals surface area contributed by atoms with Gasteiger partial charge in [0.1, 0.15) is 13.2 Å².